The monoisotopic (exact) mass is 1760 g/mol. The van der Waals surface area contributed by atoms with Crippen LogP contribution in [0.1, 0.15) is 11.1 Å². The zero-order chi connectivity index (χ0) is 91.0. The summed E-state index contributed by atoms with van der Waals surface area (Å²) >= 11 is 0. The van der Waals surface area contributed by atoms with Gasteiger partial charge in [0, 0.05) is 121 Å². The van der Waals surface area contributed by atoms with Gasteiger partial charge in [-0.3, -0.25) is 0 Å². The van der Waals surface area contributed by atoms with Gasteiger partial charge in [-0.15, -0.1) is 0 Å². The zero-order valence-corrected chi connectivity index (χ0v) is 74.7. The maximum Gasteiger partial charge on any atom is 0.160 e. The molecular formula is C126H82N12. The summed E-state index contributed by atoms with van der Waals surface area (Å²) in [5.41, 5.74) is 31.6. The minimum Gasteiger partial charge on any atom is -0.343 e. The quantitative estimate of drug-likeness (QED) is 0.139. The Balaban J connectivity index is 0.000000111. The molecule has 0 spiro atoms. The van der Waals surface area contributed by atoms with Crippen LogP contribution < -0.4 is 5.32 Å². The van der Waals surface area contributed by atoms with E-state index in [1.165, 1.54) is 131 Å². The van der Waals surface area contributed by atoms with Crippen LogP contribution in [0, 0.1) is 11.3 Å². The van der Waals surface area contributed by atoms with E-state index in [0.717, 1.165) is 107 Å². The summed E-state index contributed by atoms with van der Waals surface area (Å²) in [6, 6.07) is 167. The first kappa shape index (κ1) is 79.0. The van der Waals surface area contributed by atoms with Crippen molar-refractivity contribution in [2.24, 2.45) is 5.10 Å². The fourth-order valence-corrected chi connectivity index (χ4v) is 22.0. The molecule has 0 fully saturated rings. The first-order valence-corrected chi connectivity index (χ1v) is 46.9. The minimum absolute atomic E-state index is 0.0211. The van der Waals surface area contributed by atoms with Crippen molar-refractivity contribution >= 4 is 158 Å². The molecule has 1 unspecified atom stereocenters. The van der Waals surface area contributed by atoms with Gasteiger partial charge >= 0.3 is 0 Å². The third-order valence-electron chi connectivity index (χ3n) is 27.8. The molecule has 0 bridgehead atoms. The number of amidine groups is 1. The largest absolute Gasteiger partial charge is 0.343 e. The Morgan fingerprint density at radius 1 is 0.225 bits per heavy atom. The maximum atomic E-state index is 9.97. The van der Waals surface area contributed by atoms with Gasteiger partial charge in [-0.1, -0.05) is 303 Å². The highest BCUT2D eigenvalue weighted by molar-refractivity contribution is 6.18. The number of hydrogen-bond donors (Lipinski definition) is 1. The first-order valence-electron chi connectivity index (χ1n) is 46.9. The van der Waals surface area contributed by atoms with Gasteiger partial charge in [0.1, 0.15) is 6.17 Å². The van der Waals surface area contributed by atoms with Crippen molar-refractivity contribution in [2.45, 2.75) is 6.17 Å². The van der Waals surface area contributed by atoms with Crippen molar-refractivity contribution in [2.75, 3.05) is 0 Å². The molecule has 0 saturated heterocycles. The smallest absolute Gasteiger partial charge is 0.160 e. The van der Waals surface area contributed by atoms with Gasteiger partial charge in [-0.2, -0.15) is 10.4 Å². The van der Waals surface area contributed by atoms with E-state index in [-0.39, 0.29) is 6.17 Å². The predicted molar refractivity (Wildman–Crippen MR) is 572 cm³/mol. The molecule has 12 heteroatoms. The lowest BCUT2D eigenvalue weighted by Gasteiger charge is -2.20. The van der Waals surface area contributed by atoms with Crippen molar-refractivity contribution in [1.29, 1.82) is 5.26 Å². The Hall–Kier alpha value is -18.8. The molecule has 0 amide bonds. The van der Waals surface area contributed by atoms with Crippen LogP contribution in [0.3, 0.4) is 0 Å². The summed E-state index contributed by atoms with van der Waals surface area (Å²) in [5.74, 6) is 0.848. The van der Waals surface area contributed by atoms with E-state index in [1.54, 1.807) is 0 Å². The first-order chi connectivity index (χ1) is 68.4. The van der Waals surface area contributed by atoms with E-state index >= 15 is 0 Å². The van der Waals surface area contributed by atoms with Crippen LogP contribution in [-0.4, -0.2) is 54.0 Å². The summed E-state index contributed by atoms with van der Waals surface area (Å²) < 4.78 is 16.5. The number of hydrogen-bond acceptors (Lipinski definition) is 5. The minimum atomic E-state index is -0.0211. The number of nitrogens with one attached hydrogen (secondary N) is 1. The average molecular weight is 1760 g/mol. The third-order valence-corrected chi connectivity index (χ3v) is 27.8. The normalized spacial score (nSPS) is 13.0. The molecule has 138 heavy (non-hydrogen) atoms. The summed E-state index contributed by atoms with van der Waals surface area (Å²) in [6.45, 7) is 0. The number of aromatic nitrogens is 8. The Morgan fingerprint density at radius 2 is 0.478 bits per heavy atom. The number of rotatable bonds is 11. The summed E-state index contributed by atoms with van der Waals surface area (Å²) in [4.78, 5) is 5.52. The van der Waals surface area contributed by atoms with Crippen molar-refractivity contribution in [1.82, 2.24) is 47.3 Å². The standard InChI is InChI=1S/C59H38N4.C36H25N5.C31H19N3/c1-7-28-54-46(22-1)47-23-2-8-29-55(47)61(54)43-19-13-16-39(34-43)42-37-52(40-17-14-20-44(35-40)62-56-30-9-3-24-48(56)49-25-4-10-31-57(49)62)60-53(38-42)41-18-15-21-45(36-41)63-58-32-11-5-26-50(58)51-27-6-12-33-59(51)63;1-5-16-28-24(12-1)25-13-2-6-17-29(25)40(28)32-20-11-21-33(35(32)36-37-34-22-9-10-23-39(34)38-36)41-30-18-7-3-14-26(30)27-15-4-8-19-31(27)41;32-20-21-17-22(33-28-13-5-1-9-24(28)25-10-2-6-14-29(25)33)19-23(18-21)34-30-15-7-3-11-26(30)27-12-4-8-16-31(27)34/h1-38H;1-23,34H,(H,37,38);1-19H. The highest BCUT2D eigenvalue weighted by Crippen LogP contribution is 2.45. The van der Waals surface area contributed by atoms with Crippen LogP contribution in [0.2, 0.25) is 0 Å². The van der Waals surface area contributed by atoms with E-state index in [4.69, 9.17) is 10.1 Å². The van der Waals surface area contributed by atoms with Crippen LogP contribution in [-0.2, 0) is 0 Å². The fraction of sp³-hybridized carbons (Fsp3) is 0.00794. The van der Waals surface area contributed by atoms with Gasteiger partial charge in [-0.05, 0) is 187 Å². The molecule has 27 aromatic rings. The molecule has 12 nitrogen and oxygen atoms in total. The molecular weight excluding hydrogens is 1680 g/mol. The SMILES string of the molecule is C1=CC2NC(c3c(-n4c5ccccc5c5ccccc54)cccc3-n3c4ccccc4c4ccccc43)=NN2C=C1.N#Cc1cc(-n2c3ccccc3c3ccccc32)cc(-n2c3ccccc3c3ccccc32)c1.c1cc(-c2cc(-c3cccc(-n4c5ccccc5c5ccccc54)c3)nc(-c3cccc(-n4c5ccccc5c5ccccc54)c3)c2)cc(-n2c3ccccc3c3ccccc32)c1. The lowest BCUT2D eigenvalue weighted by atomic mass is 9.99. The van der Waals surface area contributed by atoms with Gasteiger partial charge in [0.2, 0.25) is 0 Å². The van der Waals surface area contributed by atoms with E-state index < -0.39 is 0 Å². The number of hydrazone groups is 1. The Labute approximate surface area is 793 Å². The number of nitriles is 1. The Bertz CT molecular complexity index is 8790. The fourth-order valence-electron chi connectivity index (χ4n) is 22.0. The van der Waals surface area contributed by atoms with Gasteiger partial charge in [0.25, 0.3) is 0 Å². The van der Waals surface area contributed by atoms with Crippen LogP contribution in [0.15, 0.2) is 491 Å². The number of benzene rings is 19. The molecule has 8 aromatic heterocycles. The highest BCUT2D eigenvalue weighted by atomic mass is 15.6. The molecule has 19 aromatic carbocycles. The van der Waals surface area contributed by atoms with Crippen LogP contribution in [0.4, 0.5) is 0 Å². The molecule has 0 aliphatic carbocycles. The molecule has 0 radical (unpaired) electrons. The van der Waals surface area contributed by atoms with Crippen molar-refractivity contribution in [3.8, 4) is 79.5 Å². The van der Waals surface area contributed by atoms with Crippen LogP contribution in [0.5, 0.6) is 0 Å². The topological polar surface area (TPSA) is 98.8 Å². The van der Waals surface area contributed by atoms with E-state index in [1.807, 2.05) is 29.4 Å². The number of fused-ring (bicyclic) bond motifs is 22. The van der Waals surface area contributed by atoms with E-state index in [0.29, 0.717) is 5.56 Å². The average Bonchev–Trinajstić information content (AvgIpc) is 1.57. The molecule has 1 atom stereocenters. The van der Waals surface area contributed by atoms with Crippen molar-refractivity contribution in [3.05, 3.63) is 497 Å². The number of pyridine rings is 1. The van der Waals surface area contributed by atoms with Gasteiger partial charge in [0.05, 0.1) is 117 Å². The maximum absolute atomic E-state index is 9.97. The Kier molecular flexibility index (Phi) is 18.5. The van der Waals surface area contributed by atoms with E-state index in [2.05, 4.69) is 504 Å². The summed E-state index contributed by atoms with van der Waals surface area (Å²) in [7, 11) is 0. The molecule has 29 rings (SSSR count). The zero-order valence-electron chi connectivity index (χ0n) is 74.7. The van der Waals surface area contributed by atoms with Crippen LogP contribution in [0.25, 0.3) is 226 Å². The van der Waals surface area contributed by atoms with Crippen LogP contribution >= 0.6 is 0 Å². The molecule has 0 saturated carbocycles. The molecule has 2 aliphatic rings. The number of allylic oxidation sites excluding steroid dienone is 2. The number of para-hydroxylation sites is 14. The van der Waals surface area contributed by atoms with Gasteiger partial charge in [0.15, 0.2) is 5.84 Å². The second-order valence-corrected chi connectivity index (χ2v) is 35.5. The van der Waals surface area contributed by atoms with E-state index in [9.17, 15) is 5.26 Å². The molecule has 2 aliphatic heterocycles. The summed E-state index contributed by atoms with van der Waals surface area (Å²) in [5, 5.41) is 38.0. The van der Waals surface area contributed by atoms with Crippen molar-refractivity contribution < 1.29 is 0 Å². The Morgan fingerprint density at radius 3 is 0.761 bits per heavy atom. The molecule has 646 valence electrons. The molecule has 1 N–H and O–H groups in total. The van der Waals surface area contributed by atoms with Gasteiger partial charge < -0.3 is 37.3 Å². The van der Waals surface area contributed by atoms with Crippen molar-refractivity contribution in [3.63, 3.8) is 0 Å². The third kappa shape index (κ3) is 12.7. The second kappa shape index (κ2) is 32.3. The summed E-state index contributed by atoms with van der Waals surface area (Å²) in [6.07, 6.45) is 8.23. The molecule has 10 heterocycles. The lowest BCUT2D eigenvalue weighted by molar-refractivity contribution is 0.349. The predicted octanol–water partition coefficient (Wildman–Crippen LogP) is 31.0. The highest BCUT2D eigenvalue weighted by Gasteiger charge is 2.31. The second-order valence-electron chi connectivity index (χ2n) is 35.5. The lowest BCUT2D eigenvalue weighted by Crippen LogP contribution is -2.35. The van der Waals surface area contributed by atoms with Gasteiger partial charge in [-0.25, -0.2) is 9.99 Å². The number of nitrogens with zero attached hydrogens (tertiary/aromatic N) is 11.